The van der Waals surface area contributed by atoms with Crippen molar-refractivity contribution in [3.8, 4) is 0 Å². The second-order valence-electron chi connectivity index (χ2n) is 5.84. The van der Waals surface area contributed by atoms with Crippen LogP contribution in [0.2, 0.25) is 0 Å². The number of piperazine rings is 1. The zero-order valence-electron chi connectivity index (χ0n) is 12.8. The monoisotopic (exact) mass is 322 g/mol. The van der Waals surface area contributed by atoms with Gasteiger partial charge in [-0.15, -0.1) is 0 Å². The fraction of sp³-hybridized carbons (Fsp3) is 0.412. The average molecular weight is 322 g/mol. The first kappa shape index (κ1) is 16.1. The molecular weight excluding hydrogens is 302 g/mol. The summed E-state index contributed by atoms with van der Waals surface area (Å²) in [6.07, 6.45) is 0.637. The highest BCUT2D eigenvalue weighted by molar-refractivity contribution is 5.21. The fourth-order valence-corrected chi connectivity index (χ4v) is 2.87. The lowest BCUT2D eigenvalue weighted by atomic mass is 10.1. The lowest BCUT2D eigenvalue weighted by Crippen LogP contribution is -2.47. The Kier molecular flexibility index (Phi) is 5.05. The number of nitrogens with zero attached hydrogens (tertiary/aromatic N) is 2. The molecule has 0 bridgehead atoms. The van der Waals surface area contributed by atoms with E-state index in [0.29, 0.717) is 6.54 Å². The highest BCUT2D eigenvalue weighted by Crippen LogP contribution is 2.20. The Morgan fingerprint density at radius 2 is 1.83 bits per heavy atom. The molecule has 1 aromatic heterocycles. The van der Waals surface area contributed by atoms with Gasteiger partial charge in [0, 0.05) is 38.3 Å². The molecule has 1 aliphatic heterocycles. The Morgan fingerprint density at radius 3 is 2.52 bits per heavy atom. The summed E-state index contributed by atoms with van der Waals surface area (Å²) >= 11 is 0. The molecule has 3 rings (SSSR count). The summed E-state index contributed by atoms with van der Waals surface area (Å²) in [5, 5.41) is 10.2. The van der Waals surface area contributed by atoms with Gasteiger partial charge in [0.2, 0.25) is 0 Å². The third-order valence-corrected chi connectivity index (χ3v) is 4.17. The Bertz CT molecular complexity index is 626. The third-order valence-electron chi connectivity index (χ3n) is 4.17. The summed E-state index contributed by atoms with van der Waals surface area (Å²) in [5.41, 5.74) is 0.0167. The second kappa shape index (κ2) is 7.21. The van der Waals surface area contributed by atoms with Crippen LogP contribution in [-0.2, 0) is 6.54 Å². The molecule has 1 saturated heterocycles. The normalized spacial score (nSPS) is 18.2. The Balaban J connectivity index is 1.51. The van der Waals surface area contributed by atoms with Gasteiger partial charge in [-0.05, 0) is 30.3 Å². The van der Waals surface area contributed by atoms with Crippen molar-refractivity contribution in [2.45, 2.75) is 12.6 Å². The first-order valence-electron chi connectivity index (χ1n) is 7.72. The third kappa shape index (κ3) is 4.16. The summed E-state index contributed by atoms with van der Waals surface area (Å²) in [6.45, 7) is 4.30. The van der Waals surface area contributed by atoms with Gasteiger partial charge in [-0.2, -0.15) is 0 Å². The Morgan fingerprint density at radius 1 is 1.09 bits per heavy atom. The average Bonchev–Trinajstić information content (AvgIpc) is 3.04. The molecule has 1 N–H and O–H groups in total. The van der Waals surface area contributed by atoms with E-state index in [4.69, 9.17) is 4.42 Å². The minimum atomic E-state index is -1.03. The van der Waals surface area contributed by atoms with Crippen LogP contribution in [0.25, 0.3) is 0 Å². The zero-order valence-corrected chi connectivity index (χ0v) is 12.8. The van der Waals surface area contributed by atoms with Gasteiger partial charge in [0.05, 0.1) is 18.9 Å². The van der Waals surface area contributed by atoms with E-state index >= 15 is 0 Å². The van der Waals surface area contributed by atoms with Crippen molar-refractivity contribution >= 4 is 0 Å². The van der Waals surface area contributed by atoms with E-state index in [-0.39, 0.29) is 5.56 Å². The van der Waals surface area contributed by atoms with E-state index in [1.807, 2.05) is 12.1 Å². The van der Waals surface area contributed by atoms with Crippen LogP contribution in [0.3, 0.4) is 0 Å². The lowest BCUT2D eigenvalue weighted by Gasteiger charge is -2.35. The molecule has 6 heteroatoms. The first-order chi connectivity index (χ1) is 11.1. The Labute approximate surface area is 133 Å². The zero-order chi connectivity index (χ0) is 16.2. The van der Waals surface area contributed by atoms with Crippen molar-refractivity contribution in [3.63, 3.8) is 0 Å². The van der Waals surface area contributed by atoms with Gasteiger partial charge in [-0.25, -0.2) is 8.78 Å². The number of β-amino-alcohol motifs (C(OH)–C–C–N with tert-alkyl or cyclic N) is 1. The first-order valence-corrected chi connectivity index (χ1v) is 7.72. The summed E-state index contributed by atoms with van der Waals surface area (Å²) in [6, 6.07) is 6.99. The van der Waals surface area contributed by atoms with Gasteiger partial charge >= 0.3 is 0 Å². The number of furan rings is 1. The maximum absolute atomic E-state index is 13.7. The van der Waals surface area contributed by atoms with E-state index in [1.54, 1.807) is 6.26 Å². The lowest BCUT2D eigenvalue weighted by molar-refractivity contribution is 0.0661. The van der Waals surface area contributed by atoms with Gasteiger partial charge in [-0.1, -0.05) is 0 Å². The van der Waals surface area contributed by atoms with Crippen LogP contribution in [0.4, 0.5) is 8.78 Å². The molecule has 1 unspecified atom stereocenters. The summed E-state index contributed by atoms with van der Waals surface area (Å²) in [4.78, 5) is 4.33. The number of hydrogen-bond donors (Lipinski definition) is 1. The van der Waals surface area contributed by atoms with E-state index in [2.05, 4.69) is 9.80 Å². The molecule has 2 heterocycles. The SMILES string of the molecule is OC(CN1CCN(Cc2ccco2)CC1)c1cc(F)ccc1F. The highest BCUT2D eigenvalue weighted by Gasteiger charge is 2.22. The van der Waals surface area contributed by atoms with Crippen LogP contribution in [0, 0.1) is 11.6 Å². The van der Waals surface area contributed by atoms with Gasteiger partial charge in [0.15, 0.2) is 0 Å². The molecule has 1 aliphatic rings. The van der Waals surface area contributed by atoms with Gasteiger partial charge in [0.25, 0.3) is 0 Å². The van der Waals surface area contributed by atoms with Gasteiger partial charge < -0.3 is 9.52 Å². The second-order valence-corrected chi connectivity index (χ2v) is 5.84. The van der Waals surface area contributed by atoms with Crippen LogP contribution >= 0.6 is 0 Å². The maximum atomic E-state index is 13.7. The van der Waals surface area contributed by atoms with Crippen molar-refractivity contribution in [2.75, 3.05) is 32.7 Å². The molecule has 0 radical (unpaired) electrons. The molecule has 23 heavy (non-hydrogen) atoms. The minimum absolute atomic E-state index is 0.0167. The van der Waals surface area contributed by atoms with E-state index in [0.717, 1.165) is 56.7 Å². The van der Waals surface area contributed by atoms with Gasteiger partial charge in [-0.3, -0.25) is 9.80 Å². The Hall–Kier alpha value is -1.76. The van der Waals surface area contributed by atoms with Crippen LogP contribution in [0.15, 0.2) is 41.0 Å². The van der Waals surface area contributed by atoms with Crippen LogP contribution < -0.4 is 0 Å². The van der Waals surface area contributed by atoms with Crippen molar-refractivity contribution in [2.24, 2.45) is 0 Å². The topological polar surface area (TPSA) is 39.9 Å². The van der Waals surface area contributed by atoms with Crippen molar-refractivity contribution in [1.29, 1.82) is 0 Å². The molecular formula is C17H20F2N2O2. The van der Waals surface area contributed by atoms with Crippen LogP contribution in [-0.4, -0.2) is 47.6 Å². The van der Waals surface area contributed by atoms with Crippen molar-refractivity contribution in [3.05, 3.63) is 59.6 Å². The maximum Gasteiger partial charge on any atom is 0.129 e. The number of hydrogen-bond acceptors (Lipinski definition) is 4. The molecule has 124 valence electrons. The summed E-state index contributed by atoms with van der Waals surface area (Å²) in [5.74, 6) is -0.181. The summed E-state index contributed by atoms with van der Waals surface area (Å²) < 4.78 is 32.2. The number of halogens is 2. The van der Waals surface area contributed by atoms with Crippen LogP contribution in [0.1, 0.15) is 17.4 Å². The highest BCUT2D eigenvalue weighted by atomic mass is 19.1. The minimum Gasteiger partial charge on any atom is -0.468 e. The summed E-state index contributed by atoms with van der Waals surface area (Å²) in [7, 11) is 0. The predicted octanol–water partition coefficient (Wildman–Crippen LogP) is 2.41. The van der Waals surface area contributed by atoms with Crippen molar-refractivity contribution < 1.29 is 18.3 Å². The molecule has 1 aromatic carbocycles. The number of benzene rings is 1. The smallest absolute Gasteiger partial charge is 0.129 e. The van der Waals surface area contributed by atoms with Gasteiger partial charge in [0.1, 0.15) is 17.4 Å². The molecule has 2 aromatic rings. The molecule has 0 spiro atoms. The standard InChI is InChI=1S/C17H20F2N2O2/c18-13-3-4-16(19)15(10-13)17(22)12-21-7-5-20(6-8-21)11-14-2-1-9-23-14/h1-4,9-10,17,22H,5-8,11-12H2. The number of aliphatic hydroxyl groups is 1. The van der Waals surface area contributed by atoms with E-state index < -0.39 is 17.7 Å². The predicted molar refractivity (Wildman–Crippen MR) is 81.7 cm³/mol. The van der Waals surface area contributed by atoms with Crippen LogP contribution in [0.5, 0.6) is 0 Å². The quantitative estimate of drug-likeness (QED) is 0.918. The molecule has 0 aliphatic carbocycles. The van der Waals surface area contributed by atoms with E-state index in [9.17, 15) is 13.9 Å². The molecule has 1 fully saturated rings. The number of rotatable bonds is 5. The van der Waals surface area contributed by atoms with Crippen molar-refractivity contribution in [1.82, 2.24) is 9.80 Å². The van der Waals surface area contributed by atoms with E-state index in [1.165, 1.54) is 0 Å². The molecule has 1 atom stereocenters. The molecule has 0 amide bonds. The fourth-order valence-electron chi connectivity index (χ4n) is 2.87. The molecule has 4 nitrogen and oxygen atoms in total. The molecule has 0 saturated carbocycles. The largest absolute Gasteiger partial charge is 0.468 e. The number of aliphatic hydroxyl groups excluding tert-OH is 1.